The number of hydrogen-bond acceptors (Lipinski definition) is 6. The SMILES string of the molecule is CO[Si](CC(C)c1ccccc1C)(CC(C)c1ccccc1C)OC.CO[Si](CCc1cc(C)ccc1C)(CCc1cc(C)ccc1C)OC.CO[Si](CCc1ccc(C)cc1C)(CCc1ccc(C)cc1C)OC. The van der Waals surface area contributed by atoms with Gasteiger partial charge in [-0.05, 0) is 210 Å². The predicted molar refractivity (Wildman–Crippen MR) is 326 cm³/mol. The van der Waals surface area contributed by atoms with Crippen molar-refractivity contribution < 1.29 is 26.6 Å². The van der Waals surface area contributed by atoms with Gasteiger partial charge in [-0.25, -0.2) is 0 Å². The van der Waals surface area contributed by atoms with Gasteiger partial charge in [-0.2, -0.15) is 0 Å². The molecule has 2 atom stereocenters. The van der Waals surface area contributed by atoms with Gasteiger partial charge in [-0.1, -0.05) is 157 Å². The Labute approximate surface area is 459 Å². The third kappa shape index (κ3) is 19.0. The van der Waals surface area contributed by atoms with Gasteiger partial charge in [0.25, 0.3) is 0 Å². The van der Waals surface area contributed by atoms with Crippen molar-refractivity contribution in [1.82, 2.24) is 0 Å². The molecule has 6 nitrogen and oxygen atoms in total. The molecular formula is C66H96O6Si3. The van der Waals surface area contributed by atoms with E-state index >= 15 is 0 Å². The van der Waals surface area contributed by atoms with Crippen LogP contribution in [-0.2, 0) is 52.2 Å². The zero-order chi connectivity index (χ0) is 55.3. The maximum absolute atomic E-state index is 6.07. The molecule has 0 aliphatic rings. The van der Waals surface area contributed by atoms with Crippen molar-refractivity contribution in [3.05, 3.63) is 210 Å². The molecule has 0 saturated heterocycles. The Morgan fingerprint density at radius 1 is 0.307 bits per heavy atom. The molecule has 6 aromatic rings. The second-order valence-corrected chi connectivity index (χ2v) is 32.3. The smallest absolute Gasteiger partial charge is 0.338 e. The van der Waals surface area contributed by atoms with Crippen LogP contribution in [0, 0.1) is 69.2 Å². The van der Waals surface area contributed by atoms with Crippen LogP contribution < -0.4 is 0 Å². The lowest BCUT2D eigenvalue weighted by Gasteiger charge is -2.33. The third-order valence-corrected chi connectivity index (χ3v) is 27.0. The first-order valence-corrected chi connectivity index (χ1v) is 34.1. The first-order chi connectivity index (χ1) is 35.7. The Morgan fingerprint density at radius 2 is 0.600 bits per heavy atom. The molecule has 2 unspecified atom stereocenters. The Balaban J connectivity index is 0.000000243. The van der Waals surface area contributed by atoms with Crippen LogP contribution in [0.15, 0.2) is 121 Å². The molecule has 0 spiro atoms. The van der Waals surface area contributed by atoms with Crippen LogP contribution in [0.5, 0.6) is 0 Å². The summed E-state index contributed by atoms with van der Waals surface area (Å²) in [6.45, 7) is 26.3. The normalized spacial score (nSPS) is 12.6. The summed E-state index contributed by atoms with van der Waals surface area (Å²) >= 11 is 0. The molecule has 6 aromatic carbocycles. The summed E-state index contributed by atoms with van der Waals surface area (Å²) < 4.78 is 36.1. The van der Waals surface area contributed by atoms with Gasteiger partial charge in [0.1, 0.15) is 0 Å². The van der Waals surface area contributed by atoms with Crippen molar-refractivity contribution in [1.29, 1.82) is 0 Å². The molecule has 408 valence electrons. The molecule has 0 amide bonds. The molecule has 9 heteroatoms. The van der Waals surface area contributed by atoms with Crippen molar-refractivity contribution in [2.75, 3.05) is 42.7 Å². The maximum atomic E-state index is 6.07. The minimum atomic E-state index is -2.28. The van der Waals surface area contributed by atoms with Crippen LogP contribution in [0.2, 0.25) is 36.3 Å². The lowest BCUT2D eigenvalue weighted by molar-refractivity contribution is 0.236. The van der Waals surface area contributed by atoms with Gasteiger partial charge in [0.2, 0.25) is 0 Å². The molecule has 0 heterocycles. The average Bonchev–Trinajstić information content (AvgIpc) is 3.40. The topological polar surface area (TPSA) is 55.4 Å². The van der Waals surface area contributed by atoms with Crippen LogP contribution in [0.4, 0.5) is 0 Å². The van der Waals surface area contributed by atoms with Gasteiger partial charge in [-0.15, -0.1) is 0 Å². The van der Waals surface area contributed by atoms with Crippen molar-refractivity contribution in [2.45, 2.75) is 157 Å². The minimum Gasteiger partial charge on any atom is -0.398 e. The fourth-order valence-corrected chi connectivity index (χ4v) is 19.2. The summed E-state index contributed by atoms with van der Waals surface area (Å²) in [5.74, 6) is 0.855. The van der Waals surface area contributed by atoms with Gasteiger partial charge < -0.3 is 26.6 Å². The van der Waals surface area contributed by atoms with E-state index in [1.807, 2.05) is 42.7 Å². The first-order valence-electron chi connectivity index (χ1n) is 27.4. The molecule has 0 radical (unpaired) electrons. The Bertz CT molecular complexity index is 2500. The van der Waals surface area contributed by atoms with Crippen LogP contribution in [0.3, 0.4) is 0 Å². The van der Waals surface area contributed by atoms with Crippen molar-refractivity contribution in [2.24, 2.45) is 0 Å². The summed E-state index contributed by atoms with van der Waals surface area (Å²) in [7, 11) is 4.28. The largest absolute Gasteiger partial charge is 0.398 e. The molecule has 75 heavy (non-hydrogen) atoms. The van der Waals surface area contributed by atoms with Gasteiger partial charge >= 0.3 is 25.7 Å². The van der Waals surface area contributed by atoms with E-state index in [4.69, 9.17) is 26.6 Å². The Hall–Kier alpha value is -4.27. The van der Waals surface area contributed by atoms with Crippen molar-refractivity contribution in [3.8, 4) is 0 Å². The van der Waals surface area contributed by atoms with E-state index in [-0.39, 0.29) is 0 Å². The summed E-state index contributed by atoms with van der Waals surface area (Å²) in [5.41, 5.74) is 21.8. The molecule has 0 aliphatic heterocycles. The van der Waals surface area contributed by atoms with Gasteiger partial charge in [-0.3, -0.25) is 0 Å². The zero-order valence-corrected chi connectivity index (χ0v) is 52.7. The number of benzene rings is 6. The molecule has 6 rings (SSSR count). The van der Waals surface area contributed by atoms with Crippen molar-refractivity contribution >= 4 is 25.7 Å². The monoisotopic (exact) mass is 1070 g/mol. The number of aryl methyl sites for hydroxylation is 14. The van der Waals surface area contributed by atoms with E-state index < -0.39 is 25.7 Å². The highest BCUT2D eigenvalue weighted by molar-refractivity contribution is 6.68. The van der Waals surface area contributed by atoms with E-state index in [0.29, 0.717) is 11.8 Å². The fourth-order valence-electron chi connectivity index (χ4n) is 10.9. The summed E-state index contributed by atoms with van der Waals surface area (Å²) in [6.07, 6.45) is 4.09. The third-order valence-electron chi connectivity index (χ3n) is 16.0. The minimum absolute atomic E-state index is 0.428. The van der Waals surface area contributed by atoms with Gasteiger partial charge in [0.15, 0.2) is 0 Å². The maximum Gasteiger partial charge on any atom is 0.338 e. The molecule has 0 saturated carbocycles. The highest BCUT2D eigenvalue weighted by Crippen LogP contribution is 2.37. The van der Waals surface area contributed by atoms with Crippen LogP contribution >= 0.6 is 0 Å². The van der Waals surface area contributed by atoms with Gasteiger partial charge in [0, 0.05) is 42.7 Å². The van der Waals surface area contributed by atoms with Crippen LogP contribution in [0.1, 0.15) is 115 Å². The molecule has 0 bridgehead atoms. The lowest BCUT2D eigenvalue weighted by atomic mass is 9.98. The van der Waals surface area contributed by atoms with E-state index in [1.165, 1.54) is 89.0 Å². The fraction of sp³-hybridized carbons (Fsp3) is 0.455. The highest BCUT2D eigenvalue weighted by atomic mass is 28.4. The first kappa shape index (κ1) is 63.3. The molecular weight excluding hydrogens is 973 g/mol. The number of hydrogen-bond donors (Lipinski definition) is 0. The molecule has 0 N–H and O–H groups in total. The van der Waals surface area contributed by atoms with E-state index in [9.17, 15) is 0 Å². The predicted octanol–water partition coefficient (Wildman–Crippen LogP) is 16.8. The standard InChI is InChI=1S/3C22H32O2Si/c1-17-7-9-21(19(3)15-17)11-13-25(23-5,24-6)14-12-22-10-8-18(2)16-20(22)4;1-17-7-9-19(3)21(15-17)11-13-25(23-5,24-6)14-12-22-16-18(2)8-10-20(22)4;1-17-11-7-9-13-21(17)19(3)15-25(23-5,24-6)16-20(4)22-14-10-8-12-18(22)2/h2*7-10,15-16H,11-14H2,1-6H3;7-14,19-20H,15-16H2,1-6H3. The highest BCUT2D eigenvalue weighted by Gasteiger charge is 2.40. The van der Waals surface area contributed by atoms with E-state index in [1.54, 1.807) is 0 Å². The summed E-state index contributed by atoms with van der Waals surface area (Å²) in [6, 6.07) is 50.0. The second-order valence-electron chi connectivity index (χ2n) is 21.6. The second kappa shape index (κ2) is 30.6. The Morgan fingerprint density at radius 3 is 0.907 bits per heavy atom. The van der Waals surface area contributed by atoms with Gasteiger partial charge in [0.05, 0.1) is 0 Å². The van der Waals surface area contributed by atoms with Crippen molar-refractivity contribution in [3.63, 3.8) is 0 Å². The summed E-state index contributed by atoms with van der Waals surface area (Å²) in [5, 5.41) is 0. The van der Waals surface area contributed by atoms with Crippen LogP contribution in [-0.4, -0.2) is 68.3 Å². The molecule has 0 fully saturated rings. The lowest BCUT2D eigenvalue weighted by Crippen LogP contribution is -2.42. The number of rotatable bonds is 24. The van der Waals surface area contributed by atoms with E-state index in [2.05, 4.69) is 204 Å². The summed E-state index contributed by atoms with van der Waals surface area (Å²) in [4.78, 5) is 0. The molecule has 0 aliphatic carbocycles. The van der Waals surface area contributed by atoms with E-state index in [0.717, 1.165) is 61.9 Å². The molecule has 0 aromatic heterocycles. The zero-order valence-electron chi connectivity index (χ0n) is 49.7. The Kier molecular flexibility index (Phi) is 25.8. The average molecular weight is 1070 g/mol. The van der Waals surface area contributed by atoms with Crippen LogP contribution in [0.25, 0.3) is 0 Å². The quantitative estimate of drug-likeness (QED) is 0.0563.